The quantitative estimate of drug-likeness (QED) is 0.790. The lowest BCUT2D eigenvalue weighted by atomic mass is 9.74. The van der Waals surface area contributed by atoms with Crippen LogP contribution in [0.1, 0.15) is 38.0 Å². The maximum absolute atomic E-state index is 10.1. The summed E-state index contributed by atoms with van der Waals surface area (Å²) in [5.41, 5.74) is 0.824. The Morgan fingerprint density at radius 2 is 2.29 bits per heavy atom. The summed E-state index contributed by atoms with van der Waals surface area (Å²) >= 11 is 0. The number of rotatable bonds is 3. The van der Waals surface area contributed by atoms with Crippen LogP contribution >= 0.6 is 0 Å². The smallest absolute Gasteiger partial charge is 0.100 e. The maximum atomic E-state index is 10.1. The van der Waals surface area contributed by atoms with E-state index < -0.39 is 6.10 Å². The minimum absolute atomic E-state index is 0.320. The minimum Gasteiger partial charge on any atom is -0.386 e. The van der Waals surface area contributed by atoms with Crippen LogP contribution in [0.15, 0.2) is 6.20 Å². The van der Waals surface area contributed by atoms with Crippen molar-refractivity contribution >= 4 is 0 Å². The normalized spacial score (nSPS) is 21.6. The molecule has 1 aromatic heterocycles. The van der Waals surface area contributed by atoms with Crippen molar-refractivity contribution in [2.75, 3.05) is 0 Å². The number of aryl methyl sites for hydroxylation is 1. The molecule has 14 heavy (non-hydrogen) atoms. The van der Waals surface area contributed by atoms with E-state index in [0.717, 1.165) is 5.69 Å². The highest BCUT2D eigenvalue weighted by atomic mass is 16.3. The Morgan fingerprint density at radius 1 is 1.57 bits per heavy atom. The van der Waals surface area contributed by atoms with Crippen LogP contribution in [0.3, 0.4) is 0 Å². The summed E-state index contributed by atoms with van der Waals surface area (Å²) in [5.74, 6) is 1.00. The van der Waals surface area contributed by atoms with E-state index in [-0.39, 0.29) is 0 Å². The van der Waals surface area contributed by atoms with E-state index in [1.54, 1.807) is 10.9 Å². The van der Waals surface area contributed by atoms with Gasteiger partial charge >= 0.3 is 0 Å². The monoisotopic (exact) mass is 195 g/mol. The number of nitrogens with zero attached hydrogens (tertiary/aromatic N) is 3. The molecule has 0 aromatic carbocycles. The van der Waals surface area contributed by atoms with Crippen molar-refractivity contribution in [2.24, 2.45) is 18.9 Å². The van der Waals surface area contributed by atoms with Gasteiger partial charge in [-0.25, -0.2) is 4.68 Å². The third-order valence-corrected chi connectivity index (χ3v) is 3.44. The van der Waals surface area contributed by atoms with Crippen LogP contribution in [0.4, 0.5) is 0 Å². The predicted octanol–water partition coefficient (Wildman–Crippen LogP) is 1.28. The van der Waals surface area contributed by atoms with E-state index in [0.29, 0.717) is 11.8 Å². The molecular weight excluding hydrogens is 178 g/mol. The lowest BCUT2D eigenvalue weighted by Gasteiger charge is -2.34. The Balaban J connectivity index is 2.07. The van der Waals surface area contributed by atoms with Crippen LogP contribution < -0.4 is 0 Å². The molecule has 4 heteroatoms. The van der Waals surface area contributed by atoms with Crippen molar-refractivity contribution in [3.05, 3.63) is 11.9 Å². The molecule has 1 saturated carbocycles. The number of aliphatic hydroxyl groups is 1. The summed E-state index contributed by atoms with van der Waals surface area (Å²) in [6.07, 6.45) is 5.05. The Kier molecular flexibility index (Phi) is 2.54. The highest BCUT2D eigenvalue weighted by molar-refractivity contribution is 5.01. The first-order valence-corrected chi connectivity index (χ1v) is 5.23. The fourth-order valence-corrected chi connectivity index (χ4v) is 2.06. The predicted molar refractivity (Wildman–Crippen MR) is 52.5 cm³/mol. The van der Waals surface area contributed by atoms with Crippen LogP contribution in [-0.2, 0) is 7.05 Å². The fourth-order valence-electron chi connectivity index (χ4n) is 2.06. The van der Waals surface area contributed by atoms with Gasteiger partial charge in [0.2, 0.25) is 0 Å². The fraction of sp³-hybridized carbons (Fsp3) is 0.800. The van der Waals surface area contributed by atoms with Gasteiger partial charge in [-0.05, 0) is 11.8 Å². The SMILES string of the molecule is CC(C1CCC1)C(O)c1cnnn1C. The summed E-state index contributed by atoms with van der Waals surface area (Å²) in [5, 5.41) is 17.7. The highest BCUT2D eigenvalue weighted by Gasteiger charge is 2.31. The van der Waals surface area contributed by atoms with Gasteiger partial charge in [-0.3, -0.25) is 0 Å². The first-order chi connectivity index (χ1) is 6.70. The van der Waals surface area contributed by atoms with Gasteiger partial charge < -0.3 is 5.11 Å². The summed E-state index contributed by atoms with van der Waals surface area (Å²) in [6.45, 7) is 2.11. The van der Waals surface area contributed by atoms with E-state index >= 15 is 0 Å². The average molecular weight is 195 g/mol. The first-order valence-electron chi connectivity index (χ1n) is 5.23. The third-order valence-electron chi connectivity index (χ3n) is 3.44. The zero-order chi connectivity index (χ0) is 10.1. The van der Waals surface area contributed by atoms with E-state index in [2.05, 4.69) is 17.2 Å². The molecule has 0 radical (unpaired) electrons. The molecule has 0 spiro atoms. The Labute approximate surface area is 83.9 Å². The molecule has 2 unspecified atom stereocenters. The molecule has 4 nitrogen and oxygen atoms in total. The second-order valence-corrected chi connectivity index (χ2v) is 4.28. The van der Waals surface area contributed by atoms with Crippen molar-refractivity contribution in [1.29, 1.82) is 0 Å². The van der Waals surface area contributed by atoms with Crippen LogP contribution in [0, 0.1) is 11.8 Å². The van der Waals surface area contributed by atoms with Gasteiger partial charge in [0.15, 0.2) is 0 Å². The summed E-state index contributed by atoms with van der Waals surface area (Å²) in [7, 11) is 1.82. The minimum atomic E-state index is -0.416. The van der Waals surface area contributed by atoms with Crippen molar-refractivity contribution in [2.45, 2.75) is 32.3 Å². The largest absolute Gasteiger partial charge is 0.386 e. The van der Waals surface area contributed by atoms with Crippen molar-refractivity contribution in [1.82, 2.24) is 15.0 Å². The first kappa shape index (κ1) is 9.65. The molecule has 1 aliphatic rings. The van der Waals surface area contributed by atoms with E-state index in [1.807, 2.05) is 7.05 Å². The number of hydrogen-bond acceptors (Lipinski definition) is 3. The van der Waals surface area contributed by atoms with Crippen LogP contribution in [0.5, 0.6) is 0 Å². The summed E-state index contributed by atoms with van der Waals surface area (Å²) in [6, 6.07) is 0. The number of aromatic nitrogens is 3. The second-order valence-electron chi connectivity index (χ2n) is 4.28. The van der Waals surface area contributed by atoms with E-state index in [9.17, 15) is 5.11 Å². The standard InChI is InChI=1S/C10H17N3O/c1-7(8-4-3-5-8)10(14)9-6-11-12-13(9)2/h6-8,10,14H,3-5H2,1-2H3. The molecule has 78 valence electrons. The van der Waals surface area contributed by atoms with Crippen molar-refractivity contribution < 1.29 is 5.11 Å². The third kappa shape index (κ3) is 1.54. The Bertz CT molecular complexity index is 306. The molecule has 2 atom stereocenters. The van der Waals surface area contributed by atoms with Gasteiger partial charge in [-0.1, -0.05) is 31.4 Å². The molecular formula is C10H17N3O. The molecule has 0 aliphatic heterocycles. The molecule has 0 bridgehead atoms. The van der Waals surface area contributed by atoms with Gasteiger partial charge in [0.25, 0.3) is 0 Å². The molecule has 1 aromatic rings. The van der Waals surface area contributed by atoms with Gasteiger partial charge in [-0.15, -0.1) is 5.10 Å². The van der Waals surface area contributed by atoms with Crippen molar-refractivity contribution in [3.8, 4) is 0 Å². The van der Waals surface area contributed by atoms with Crippen LogP contribution in [0.25, 0.3) is 0 Å². The van der Waals surface area contributed by atoms with Gasteiger partial charge in [-0.2, -0.15) is 0 Å². The van der Waals surface area contributed by atoms with Gasteiger partial charge in [0.05, 0.1) is 11.9 Å². The summed E-state index contributed by atoms with van der Waals surface area (Å²) < 4.78 is 1.65. The van der Waals surface area contributed by atoms with Gasteiger partial charge in [0, 0.05) is 7.05 Å². The molecule has 2 rings (SSSR count). The van der Waals surface area contributed by atoms with Crippen LogP contribution in [0.2, 0.25) is 0 Å². The summed E-state index contributed by atoms with van der Waals surface area (Å²) in [4.78, 5) is 0. The topological polar surface area (TPSA) is 50.9 Å². The lowest BCUT2D eigenvalue weighted by Crippen LogP contribution is -2.26. The highest BCUT2D eigenvalue weighted by Crippen LogP contribution is 2.39. The van der Waals surface area contributed by atoms with E-state index in [1.165, 1.54) is 19.3 Å². The Hall–Kier alpha value is -0.900. The molecule has 1 heterocycles. The lowest BCUT2D eigenvalue weighted by molar-refractivity contribution is 0.0478. The number of hydrogen-bond donors (Lipinski definition) is 1. The van der Waals surface area contributed by atoms with Gasteiger partial charge in [0.1, 0.15) is 6.10 Å². The molecule has 1 N–H and O–H groups in total. The molecule has 0 amide bonds. The van der Waals surface area contributed by atoms with Crippen LogP contribution in [-0.4, -0.2) is 20.1 Å². The molecule has 0 saturated heterocycles. The Morgan fingerprint density at radius 3 is 2.71 bits per heavy atom. The zero-order valence-corrected chi connectivity index (χ0v) is 8.72. The average Bonchev–Trinajstić information content (AvgIpc) is 2.47. The number of aliphatic hydroxyl groups excluding tert-OH is 1. The second kappa shape index (κ2) is 3.69. The zero-order valence-electron chi connectivity index (χ0n) is 8.72. The molecule has 1 aliphatic carbocycles. The maximum Gasteiger partial charge on any atom is 0.100 e. The molecule has 1 fully saturated rings. The van der Waals surface area contributed by atoms with E-state index in [4.69, 9.17) is 0 Å². The van der Waals surface area contributed by atoms with Crippen molar-refractivity contribution in [3.63, 3.8) is 0 Å².